The van der Waals surface area contributed by atoms with Gasteiger partial charge in [-0.3, -0.25) is 19.2 Å². The van der Waals surface area contributed by atoms with Crippen LogP contribution in [0, 0.1) is 10.8 Å². The lowest BCUT2D eigenvalue weighted by Gasteiger charge is -2.29. The Morgan fingerprint density at radius 2 is 0.937 bits per heavy atom. The molecule has 0 aromatic heterocycles. The number of nitrogens with one attached hydrogen (secondary N) is 6. The van der Waals surface area contributed by atoms with Crippen LogP contribution < -0.4 is 41.4 Å². The van der Waals surface area contributed by atoms with Crippen LogP contribution in [-0.4, -0.2) is 130 Å². The molecule has 3 aromatic rings. The molecule has 0 aliphatic carbocycles. The summed E-state index contributed by atoms with van der Waals surface area (Å²) in [6.45, 7) is 26.8. The lowest BCUT2D eigenvalue weighted by Crippen LogP contribution is -2.44. The van der Waals surface area contributed by atoms with Crippen molar-refractivity contribution in [1.29, 1.82) is 0 Å². The zero-order chi connectivity index (χ0) is 59.1. The first-order valence-electron chi connectivity index (χ1n) is 26.8. The summed E-state index contributed by atoms with van der Waals surface area (Å²) >= 11 is 0. The van der Waals surface area contributed by atoms with Crippen LogP contribution in [0.15, 0.2) is 72.8 Å². The molecule has 79 heavy (non-hydrogen) atoms. The van der Waals surface area contributed by atoms with E-state index in [0.29, 0.717) is 42.7 Å². The zero-order valence-corrected chi connectivity index (χ0v) is 49.0. The first kappa shape index (κ1) is 66.4. The van der Waals surface area contributed by atoms with E-state index >= 15 is 0 Å². The predicted molar refractivity (Wildman–Crippen MR) is 300 cm³/mol. The van der Waals surface area contributed by atoms with E-state index in [2.05, 4.69) is 31.9 Å². The van der Waals surface area contributed by atoms with E-state index in [1.54, 1.807) is 77.9 Å². The minimum atomic E-state index is -0.754. The molecule has 0 heterocycles. The molecule has 0 unspecified atom stereocenters. The molecule has 0 spiro atoms. The molecule has 0 aliphatic rings. The van der Waals surface area contributed by atoms with E-state index in [0.717, 1.165) is 5.56 Å². The van der Waals surface area contributed by atoms with Crippen LogP contribution in [0.3, 0.4) is 0 Å². The summed E-state index contributed by atoms with van der Waals surface area (Å²) in [6.07, 6.45) is 0.209. The average Bonchev–Trinajstić information content (AvgIpc) is 3.35. The van der Waals surface area contributed by atoms with E-state index in [-0.39, 0.29) is 101 Å². The van der Waals surface area contributed by atoms with Crippen LogP contribution >= 0.6 is 0 Å². The Labute approximate surface area is 467 Å². The SMILES string of the molecule is CC(C)(C)OC(=O)NCCNC(=O)C(C)(C)CCOC(C)(C)CCNC(=O)COc1cc(C(=O)OCc2ccccc2)cc(-c2ccc(OCC(=O)NCC(C)(C)OCCC(C)(C)C(=O)NCCNC(=O)OC(C)(C)C)cc2)c1. The Morgan fingerprint density at radius 1 is 0.456 bits per heavy atom. The third-order valence-electron chi connectivity index (χ3n) is 11.9. The summed E-state index contributed by atoms with van der Waals surface area (Å²) in [6, 6.07) is 21.1. The molecule has 0 saturated heterocycles. The molecule has 438 valence electrons. The van der Waals surface area contributed by atoms with Gasteiger partial charge in [0, 0.05) is 63.3 Å². The van der Waals surface area contributed by atoms with E-state index in [9.17, 15) is 33.6 Å². The van der Waals surface area contributed by atoms with Crippen molar-refractivity contribution in [3.63, 3.8) is 0 Å². The van der Waals surface area contributed by atoms with Crippen LogP contribution in [0.1, 0.15) is 132 Å². The average molecular weight is 1110 g/mol. The number of carbonyl (C=O) groups excluding carboxylic acids is 7. The number of esters is 1. The zero-order valence-electron chi connectivity index (χ0n) is 49.0. The number of rotatable bonds is 31. The Balaban J connectivity index is 1.50. The normalized spacial score (nSPS) is 12.1. The number of amides is 6. The molecule has 3 aromatic carbocycles. The fourth-order valence-electron chi connectivity index (χ4n) is 7.03. The summed E-state index contributed by atoms with van der Waals surface area (Å²) < 4.78 is 40.0. The van der Waals surface area contributed by atoms with Crippen molar-refractivity contribution < 1.29 is 66.7 Å². The minimum Gasteiger partial charge on any atom is -0.484 e. The van der Waals surface area contributed by atoms with Gasteiger partial charge in [0.1, 0.15) is 29.3 Å². The van der Waals surface area contributed by atoms with Gasteiger partial charge >= 0.3 is 18.2 Å². The van der Waals surface area contributed by atoms with Gasteiger partial charge in [-0.15, -0.1) is 0 Å². The summed E-state index contributed by atoms with van der Waals surface area (Å²) in [5.74, 6) is -1.03. The second-order valence-corrected chi connectivity index (χ2v) is 23.6. The fourth-order valence-corrected chi connectivity index (χ4v) is 7.03. The van der Waals surface area contributed by atoms with Crippen molar-refractivity contribution >= 4 is 41.8 Å². The maximum Gasteiger partial charge on any atom is 0.407 e. The van der Waals surface area contributed by atoms with Crippen molar-refractivity contribution in [3.05, 3.63) is 83.9 Å². The highest BCUT2D eigenvalue weighted by Gasteiger charge is 2.31. The molecule has 6 N–H and O–H groups in total. The maximum absolute atomic E-state index is 13.4. The summed E-state index contributed by atoms with van der Waals surface area (Å²) in [5.41, 5.74) is -1.80. The smallest absolute Gasteiger partial charge is 0.407 e. The number of benzene rings is 3. The van der Waals surface area contributed by atoms with Gasteiger partial charge in [0.15, 0.2) is 13.2 Å². The number of hydrogen-bond acceptors (Lipinski definition) is 14. The van der Waals surface area contributed by atoms with Crippen molar-refractivity contribution in [2.45, 2.75) is 145 Å². The van der Waals surface area contributed by atoms with Crippen molar-refractivity contribution in [2.24, 2.45) is 10.8 Å². The first-order valence-corrected chi connectivity index (χ1v) is 26.8. The van der Waals surface area contributed by atoms with Crippen LogP contribution in [0.4, 0.5) is 9.59 Å². The van der Waals surface area contributed by atoms with Gasteiger partial charge in [-0.1, -0.05) is 70.2 Å². The third kappa shape index (κ3) is 27.5. The van der Waals surface area contributed by atoms with Crippen molar-refractivity contribution in [2.75, 3.05) is 65.7 Å². The molecule has 3 rings (SSSR count). The van der Waals surface area contributed by atoms with Crippen molar-refractivity contribution in [1.82, 2.24) is 31.9 Å². The Kier molecular flexibility index (Phi) is 25.6. The van der Waals surface area contributed by atoms with E-state index in [1.165, 1.54) is 6.07 Å². The highest BCUT2D eigenvalue weighted by Crippen LogP contribution is 2.29. The van der Waals surface area contributed by atoms with Gasteiger partial charge in [-0.25, -0.2) is 14.4 Å². The Bertz CT molecular complexity index is 2460. The molecule has 0 fully saturated rings. The lowest BCUT2D eigenvalue weighted by atomic mass is 9.88. The van der Waals surface area contributed by atoms with E-state index in [1.807, 2.05) is 85.7 Å². The Morgan fingerprint density at radius 3 is 1.46 bits per heavy atom. The summed E-state index contributed by atoms with van der Waals surface area (Å²) in [5, 5.41) is 16.6. The van der Waals surface area contributed by atoms with Crippen LogP contribution in [-0.2, 0) is 49.5 Å². The predicted octanol–water partition coefficient (Wildman–Crippen LogP) is 7.80. The molecule has 0 saturated carbocycles. The second kappa shape index (κ2) is 30.4. The van der Waals surface area contributed by atoms with E-state index < -0.39 is 51.4 Å². The molecule has 20 heteroatoms. The monoisotopic (exact) mass is 1100 g/mol. The lowest BCUT2D eigenvalue weighted by molar-refractivity contribution is -0.132. The van der Waals surface area contributed by atoms with Gasteiger partial charge in [-0.05, 0) is 136 Å². The molecule has 6 amide bonds. The molecule has 0 atom stereocenters. The van der Waals surface area contributed by atoms with Gasteiger partial charge in [0.05, 0.1) is 16.8 Å². The topological polar surface area (TPSA) is 256 Å². The third-order valence-corrected chi connectivity index (χ3v) is 11.9. The largest absolute Gasteiger partial charge is 0.484 e. The standard InChI is InChI=1S/C59H88N6O14/c1-54(2,3)78-52(71)63-30-28-61-50(69)56(7,8)25-32-76-58(11,12)24-27-60-47(66)38-74-46-35-43(34-44(36-46)49(68)75-37-41-18-16-15-17-19-41)42-20-22-45(23-21-42)73-39-48(67)65-40-59(13,14)77-33-26-57(9,10)51(70)62-29-31-64-53(72)79-55(4,5)6/h15-23,34-36H,24-33,37-40H2,1-14H3,(H,60,66)(H,61,69)(H,62,70)(H,63,71)(H,64,72)(H,65,67). The highest BCUT2D eigenvalue weighted by atomic mass is 16.6. The highest BCUT2D eigenvalue weighted by molar-refractivity contribution is 5.92. The van der Waals surface area contributed by atoms with Crippen LogP contribution in [0.5, 0.6) is 11.5 Å². The van der Waals surface area contributed by atoms with Gasteiger partial charge in [0.2, 0.25) is 11.8 Å². The second-order valence-electron chi connectivity index (χ2n) is 23.6. The number of alkyl carbamates (subject to hydrolysis) is 2. The molecule has 0 bridgehead atoms. The summed E-state index contributed by atoms with van der Waals surface area (Å²) in [4.78, 5) is 88.8. The molecular formula is C59H88N6O14. The minimum absolute atomic E-state index is 0.0507. The van der Waals surface area contributed by atoms with Gasteiger partial charge in [0.25, 0.3) is 11.8 Å². The summed E-state index contributed by atoms with van der Waals surface area (Å²) in [7, 11) is 0. The van der Waals surface area contributed by atoms with E-state index in [4.69, 9.17) is 33.2 Å². The van der Waals surface area contributed by atoms with Crippen LogP contribution in [0.2, 0.25) is 0 Å². The molecule has 20 nitrogen and oxygen atoms in total. The Hall–Kier alpha value is -6.93. The van der Waals surface area contributed by atoms with Crippen LogP contribution in [0.25, 0.3) is 11.1 Å². The molecular weight excluding hydrogens is 1020 g/mol. The number of carbonyl (C=O) groups is 7. The quantitative estimate of drug-likeness (QED) is 0.0204. The van der Waals surface area contributed by atoms with Gasteiger partial charge in [-0.2, -0.15) is 0 Å². The maximum atomic E-state index is 13.4. The molecule has 0 aliphatic heterocycles. The fraction of sp³-hybridized carbons (Fsp3) is 0.576. The van der Waals surface area contributed by atoms with Gasteiger partial charge < -0.3 is 65.1 Å². The molecule has 0 radical (unpaired) electrons. The van der Waals surface area contributed by atoms with Crippen molar-refractivity contribution in [3.8, 4) is 22.6 Å². The number of ether oxygens (including phenoxy) is 7. The number of hydrogen-bond donors (Lipinski definition) is 6. The first-order chi connectivity index (χ1) is 36.7.